The van der Waals surface area contributed by atoms with Crippen molar-refractivity contribution in [3.8, 4) is 0 Å². The molecule has 3 atom stereocenters. The predicted octanol–water partition coefficient (Wildman–Crippen LogP) is 0.276. The van der Waals surface area contributed by atoms with E-state index in [4.69, 9.17) is 4.18 Å². The number of rotatable bonds is 6. The van der Waals surface area contributed by atoms with E-state index in [-0.39, 0.29) is 18.2 Å². The molecule has 2 amide bonds. The van der Waals surface area contributed by atoms with Gasteiger partial charge in [-0.25, -0.2) is 17.7 Å². The van der Waals surface area contributed by atoms with Crippen molar-refractivity contribution >= 4 is 43.3 Å². The van der Waals surface area contributed by atoms with Crippen LogP contribution in [0.5, 0.6) is 0 Å². The maximum absolute atomic E-state index is 13.1. The normalized spacial score (nSPS) is 25.1. The quantitative estimate of drug-likeness (QED) is 0.547. The Balaban J connectivity index is 1.86. The second-order valence-electron chi connectivity index (χ2n) is 7.60. The highest BCUT2D eigenvalue weighted by Gasteiger charge is 2.58. The summed E-state index contributed by atoms with van der Waals surface area (Å²) < 4.78 is 52.2. The van der Waals surface area contributed by atoms with Gasteiger partial charge in [0, 0.05) is 11.9 Å². The van der Waals surface area contributed by atoms with Crippen LogP contribution in [0.3, 0.4) is 0 Å². The van der Waals surface area contributed by atoms with Crippen molar-refractivity contribution in [2.24, 2.45) is 11.8 Å². The first-order chi connectivity index (χ1) is 13.3. The van der Waals surface area contributed by atoms with E-state index in [0.29, 0.717) is 18.0 Å². The van der Waals surface area contributed by atoms with Crippen molar-refractivity contribution in [1.29, 1.82) is 0 Å². The molecule has 2 fully saturated rings. The lowest BCUT2D eigenvalue weighted by atomic mass is 9.88. The number of hydrogen-bond acceptors (Lipinski definition) is 9. The van der Waals surface area contributed by atoms with Crippen molar-refractivity contribution in [3.63, 3.8) is 0 Å². The van der Waals surface area contributed by atoms with Crippen molar-refractivity contribution < 1.29 is 30.6 Å². The Labute approximate surface area is 174 Å². The number of carbonyl (C=O) groups excluding carboxylic acids is 2. The molecule has 0 aromatic carbocycles. The molecule has 1 aromatic rings. The number of nitrogens with zero attached hydrogens (tertiary/aromatic N) is 3. The predicted molar refractivity (Wildman–Crippen MR) is 105 cm³/mol. The van der Waals surface area contributed by atoms with Gasteiger partial charge in [0.1, 0.15) is 17.3 Å². The van der Waals surface area contributed by atoms with Gasteiger partial charge in [0.15, 0.2) is 0 Å². The molecule has 2 saturated heterocycles. The van der Waals surface area contributed by atoms with Crippen LogP contribution in [0.2, 0.25) is 0 Å². The fourth-order valence-corrected chi connectivity index (χ4v) is 6.30. The van der Waals surface area contributed by atoms with Gasteiger partial charge in [0.25, 0.3) is 16.0 Å². The highest BCUT2D eigenvalue weighted by Crippen LogP contribution is 2.41. The maximum Gasteiger partial charge on any atom is 0.273 e. The van der Waals surface area contributed by atoms with Crippen molar-refractivity contribution in [3.05, 3.63) is 16.1 Å². The summed E-state index contributed by atoms with van der Waals surface area (Å²) in [6.45, 7) is 3.70. The number of aromatic nitrogens is 1. The molecular weight excluding hydrogens is 442 g/mol. The van der Waals surface area contributed by atoms with Crippen LogP contribution in [0.4, 0.5) is 0 Å². The lowest BCUT2D eigenvalue weighted by Crippen LogP contribution is -2.44. The van der Waals surface area contributed by atoms with Gasteiger partial charge in [-0.1, -0.05) is 13.8 Å². The highest BCUT2D eigenvalue weighted by atomic mass is 32.2. The van der Waals surface area contributed by atoms with Gasteiger partial charge in [-0.2, -0.15) is 8.42 Å². The van der Waals surface area contributed by atoms with Crippen LogP contribution in [-0.4, -0.2) is 74.0 Å². The highest BCUT2D eigenvalue weighted by molar-refractivity contribution is 7.89. The number of likely N-dealkylation sites (tertiary alicyclic amines) is 1. The number of sulfonamides is 1. The molecular formula is C16H23N3O7S3. The van der Waals surface area contributed by atoms with Crippen LogP contribution in [-0.2, 0) is 35.7 Å². The van der Waals surface area contributed by atoms with Crippen molar-refractivity contribution in [2.75, 3.05) is 19.1 Å². The van der Waals surface area contributed by atoms with E-state index in [1.54, 1.807) is 0 Å². The smallest absolute Gasteiger partial charge is 0.273 e. The Morgan fingerprint density at radius 2 is 1.97 bits per heavy atom. The van der Waals surface area contributed by atoms with Crippen molar-refractivity contribution in [2.45, 2.75) is 39.0 Å². The van der Waals surface area contributed by atoms with Crippen LogP contribution in [0.15, 0.2) is 5.38 Å². The van der Waals surface area contributed by atoms with Crippen molar-refractivity contribution in [1.82, 2.24) is 14.2 Å². The van der Waals surface area contributed by atoms with Gasteiger partial charge in [-0.05, 0) is 12.3 Å². The van der Waals surface area contributed by atoms with E-state index in [0.717, 1.165) is 28.2 Å². The summed E-state index contributed by atoms with van der Waals surface area (Å²) in [5.74, 6) is -1.65. The minimum Gasteiger partial charge on any atom is -0.331 e. The van der Waals surface area contributed by atoms with E-state index in [9.17, 15) is 26.4 Å². The third kappa shape index (κ3) is 4.32. The minimum atomic E-state index is -3.74. The second kappa shape index (κ2) is 7.60. The summed E-state index contributed by atoms with van der Waals surface area (Å²) in [5, 5.41) is 1.83. The van der Waals surface area contributed by atoms with Gasteiger partial charge in [0.05, 0.1) is 30.5 Å². The first kappa shape index (κ1) is 22.1. The molecule has 2 aliphatic heterocycles. The lowest BCUT2D eigenvalue weighted by Gasteiger charge is -2.28. The topological polar surface area (TPSA) is 131 Å². The molecule has 29 heavy (non-hydrogen) atoms. The third-order valence-corrected chi connectivity index (χ3v) is 7.63. The zero-order valence-corrected chi connectivity index (χ0v) is 18.9. The van der Waals surface area contributed by atoms with Gasteiger partial charge >= 0.3 is 0 Å². The van der Waals surface area contributed by atoms with Crippen LogP contribution in [0.25, 0.3) is 0 Å². The van der Waals surface area contributed by atoms with Gasteiger partial charge in [-0.15, -0.1) is 11.3 Å². The summed E-state index contributed by atoms with van der Waals surface area (Å²) in [6.07, 6.45) is 2.30. The molecule has 0 bridgehead atoms. The summed E-state index contributed by atoms with van der Waals surface area (Å²) in [6, 6.07) is -1.14. The zero-order valence-electron chi connectivity index (χ0n) is 16.4. The molecule has 3 rings (SSSR count). The first-order valence-electron chi connectivity index (χ1n) is 8.94. The molecule has 0 radical (unpaired) electrons. The molecule has 162 valence electrons. The third-order valence-electron chi connectivity index (χ3n) is 5.10. The largest absolute Gasteiger partial charge is 0.331 e. The van der Waals surface area contributed by atoms with Gasteiger partial charge < -0.3 is 4.90 Å². The monoisotopic (exact) mass is 465 g/mol. The summed E-state index contributed by atoms with van der Waals surface area (Å²) in [7, 11) is -7.38. The maximum atomic E-state index is 13.1. The number of amides is 2. The molecule has 0 aliphatic carbocycles. The Kier molecular flexibility index (Phi) is 5.80. The average Bonchev–Trinajstić information content (AvgIpc) is 3.24. The van der Waals surface area contributed by atoms with Crippen LogP contribution in [0, 0.1) is 11.8 Å². The van der Waals surface area contributed by atoms with Gasteiger partial charge in [-0.3, -0.25) is 13.8 Å². The molecule has 0 N–H and O–H groups in total. The lowest BCUT2D eigenvalue weighted by molar-refractivity contribution is -0.129. The fraction of sp³-hybridized carbons (Fsp3) is 0.688. The van der Waals surface area contributed by atoms with Crippen LogP contribution >= 0.6 is 11.3 Å². The van der Waals surface area contributed by atoms with E-state index >= 15 is 0 Å². The Morgan fingerprint density at radius 3 is 2.52 bits per heavy atom. The van der Waals surface area contributed by atoms with E-state index in [2.05, 4.69) is 4.98 Å². The molecule has 2 aliphatic rings. The van der Waals surface area contributed by atoms with E-state index in [1.807, 2.05) is 13.8 Å². The minimum absolute atomic E-state index is 0.121. The molecule has 13 heteroatoms. The van der Waals surface area contributed by atoms with E-state index in [1.165, 1.54) is 10.3 Å². The summed E-state index contributed by atoms with van der Waals surface area (Å²) >= 11 is 1.09. The molecule has 0 unspecified atom stereocenters. The zero-order chi connectivity index (χ0) is 21.7. The average molecular weight is 466 g/mol. The Hall–Kier alpha value is -1.57. The SMILES string of the molecule is CC(C)[C@H]1C(=O)N(S(C)(=O)=O)[C@H]2CCN(C(=O)c3csc(COS(C)(=O)=O)n3)[C@H]12. The Morgan fingerprint density at radius 1 is 1.31 bits per heavy atom. The molecule has 10 nitrogen and oxygen atoms in total. The fourth-order valence-electron chi connectivity index (χ4n) is 4.05. The van der Waals surface area contributed by atoms with E-state index < -0.39 is 50.0 Å². The van der Waals surface area contributed by atoms with Gasteiger partial charge in [0.2, 0.25) is 15.9 Å². The molecule has 3 heterocycles. The number of hydrogen-bond donors (Lipinski definition) is 0. The Bertz CT molecular complexity index is 1030. The molecule has 0 saturated carbocycles. The first-order valence-corrected chi connectivity index (χ1v) is 13.5. The van der Waals surface area contributed by atoms with Crippen LogP contribution in [0.1, 0.15) is 35.8 Å². The van der Waals surface area contributed by atoms with Crippen LogP contribution < -0.4 is 0 Å². The second-order valence-corrected chi connectivity index (χ2v) is 12.1. The summed E-state index contributed by atoms with van der Waals surface area (Å²) in [4.78, 5) is 31.6. The standard InChI is InChI=1S/C16H23N3O7S3/c1-9(2)13-14-11(19(16(13)21)28(3,22)23)5-6-18(14)15(20)10-8-27-12(17-10)7-26-29(4,24)25/h8-9,11,13-14H,5-7H2,1-4H3/t11-,13+,14-/m0/s1. The molecule has 0 spiro atoms. The summed E-state index contributed by atoms with van der Waals surface area (Å²) in [5.41, 5.74) is 0.121. The number of carbonyl (C=O) groups is 2. The number of fused-ring (bicyclic) bond motifs is 1. The number of thiazole rings is 1. The molecule has 1 aromatic heterocycles.